The topological polar surface area (TPSA) is 62.6 Å². The molecule has 6 heteroatoms. The Morgan fingerprint density at radius 1 is 1.37 bits per heavy atom. The number of unbranched alkanes of at least 4 members (excludes halogenated alkanes) is 1. The molecule has 0 bridgehead atoms. The number of nitrogens with one attached hydrogen (secondary N) is 1. The van der Waals surface area contributed by atoms with Gasteiger partial charge in [0.25, 0.3) is 10.0 Å². The van der Waals surface area contributed by atoms with Crippen molar-refractivity contribution < 1.29 is 12.8 Å². The summed E-state index contributed by atoms with van der Waals surface area (Å²) in [5, 5.41) is 3.21. The van der Waals surface area contributed by atoms with Crippen LogP contribution >= 0.6 is 0 Å². The second kappa shape index (κ2) is 7.07. The molecule has 0 saturated heterocycles. The van der Waals surface area contributed by atoms with Crippen LogP contribution in [-0.2, 0) is 16.6 Å². The summed E-state index contributed by atoms with van der Waals surface area (Å²) >= 11 is 0. The van der Waals surface area contributed by atoms with Crippen LogP contribution in [0.2, 0.25) is 0 Å². The van der Waals surface area contributed by atoms with Crippen LogP contribution in [0.15, 0.2) is 21.6 Å². The van der Waals surface area contributed by atoms with E-state index in [0.717, 1.165) is 12.8 Å². The van der Waals surface area contributed by atoms with E-state index in [-0.39, 0.29) is 5.09 Å². The van der Waals surface area contributed by atoms with Gasteiger partial charge in [-0.2, -0.15) is 4.31 Å². The number of sulfonamides is 1. The Morgan fingerprint density at radius 3 is 2.63 bits per heavy atom. The average Bonchev–Trinajstić information content (AvgIpc) is 2.82. The average molecular weight is 288 g/mol. The van der Waals surface area contributed by atoms with Crippen molar-refractivity contribution in [3.05, 3.63) is 17.9 Å². The summed E-state index contributed by atoms with van der Waals surface area (Å²) in [6.45, 7) is 7.13. The Labute approximate surface area is 116 Å². The fourth-order valence-electron chi connectivity index (χ4n) is 1.55. The van der Waals surface area contributed by atoms with E-state index in [1.165, 1.54) is 10.4 Å². The van der Waals surface area contributed by atoms with Gasteiger partial charge in [-0.05, 0) is 18.6 Å². The van der Waals surface area contributed by atoms with E-state index in [9.17, 15) is 8.42 Å². The summed E-state index contributed by atoms with van der Waals surface area (Å²) in [6.07, 6.45) is 1.81. The molecule has 0 aliphatic carbocycles. The highest BCUT2D eigenvalue weighted by molar-refractivity contribution is 7.89. The molecule has 1 aromatic heterocycles. The minimum Gasteiger partial charge on any atom is -0.447 e. The SMILES string of the molecule is CCCCN(C)S(=O)(=O)c1ccc(CNC(C)C)o1. The van der Waals surface area contributed by atoms with Crippen LogP contribution in [0.25, 0.3) is 0 Å². The Kier molecular flexibility index (Phi) is 6.03. The fraction of sp³-hybridized carbons (Fsp3) is 0.692. The first-order valence-electron chi connectivity index (χ1n) is 6.66. The molecule has 0 unspecified atom stereocenters. The van der Waals surface area contributed by atoms with Gasteiger partial charge in [0.2, 0.25) is 5.09 Å². The van der Waals surface area contributed by atoms with Gasteiger partial charge < -0.3 is 9.73 Å². The number of rotatable bonds is 8. The van der Waals surface area contributed by atoms with E-state index < -0.39 is 10.0 Å². The summed E-state index contributed by atoms with van der Waals surface area (Å²) in [5.74, 6) is 0.635. The summed E-state index contributed by atoms with van der Waals surface area (Å²) in [7, 11) is -1.91. The minimum atomic E-state index is -3.49. The predicted molar refractivity (Wildman–Crippen MR) is 75.4 cm³/mol. The molecule has 19 heavy (non-hydrogen) atoms. The molecule has 1 N–H and O–H groups in total. The maximum atomic E-state index is 12.2. The zero-order valence-electron chi connectivity index (χ0n) is 12.1. The van der Waals surface area contributed by atoms with Crippen molar-refractivity contribution in [3.63, 3.8) is 0 Å². The summed E-state index contributed by atoms with van der Waals surface area (Å²) in [5.41, 5.74) is 0. The van der Waals surface area contributed by atoms with Gasteiger partial charge in [-0.15, -0.1) is 0 Å². The maximum Gasteiger partial charge on any atom is 0.276 e. The molecule has 0 aliphatic heterocycles. The number of nitrogens with zero attached hydrogens (tertiary/aromatic N) is 1. The van der Waals surface area contributed by atoms with Gasteiger partial charge in [0.1, 0.15) is 5.76 Å². The molecule has 0 atom stereocenters. The molecule has 0 saturated carbocycles. The lowest BCUT2D eigenvalue weighted by molar-refractivity contribution is 0.374. The van der Waals surface area contributed by atoms with Crippen LogP contribution in [0, 0.1) is 0 Å². The van der Waals surface area contributed by atoms with Crippen molar-refractivity contribution in [1.29, 1.82) is 0 Å². The smallest absolute Gasteiger partial charge is 0.276 e. The number of hydrogen-bond donors (Lipinski definition) is 1. The van der Waals surface area contributed by atoms with E-state index >= 15 is 0 Å². The Morgan fingerprint density at radius 2 is 2.05 bits per heavy atom. The molecular formula is C13H24N2O3S. The van der Waals surface area contributed by atoms with E-state index in [0.29, 0.717) is 24.9 Å². The number of hydrogen-bond acceptors (Lipinski definition) is 4. The third-order valence-corrected chi connectivity index (χ3v) is 4.54. The van der Waals surface area contributed by atoms with Crippen LogP contribution in [0.5, 0.6) is 0 Å². The van der Waals surface area contributed by atoms with Crippen molar-refractivity contribution in [1.82, 2.24) is 9.62 Å². The molecule has 1 rings (SSSR count). The van der Waals surface area contributed by atoms with Gasteiger partial charge in [-0.3, -0.25) is 0 Å². The molecule has 0 radical (unpaired) electrons. The summed E-state index contributed by atoms with van der Waals surface area (Å²) in [4.78, 5) is 0. The van der Waals surface area contributed by atoms with Gasteiger partial charge in [-0.1, -0.05) is 27.2 Å². The van der Waals surface area contributed by atoms with Crippen LogP contribution in [0.1, 0.15) is 39.4 Å². The molecule has 1 heterocycles. The second-order valence-corrected chi connectivity index (χ2v) is 6.91. The predicted octanol–water partition coefficient (Wildman–Crippen LogP) is 2.20. The molecule has 110 valence electrons. The Balaban J connectivity index is 2.73. The van der Waals surface area contributed by atoms with E-state index in [1.807, 2.05) is 20.8 Å². The largest absolute Gasteiger partial charge is 0.447 e. The van der Waals surface area contributed by atoms with Gasteiger partial charge in [0, 0.05) is 19.6 Å². The van der Waals surface area contributed by atoms with Crippen LogP contribution < -0.4 is 5.32 Å². The summed E-state index contributed by atoms with van der Waals surface area (Å²) in [6, 6.07) is 3.56. The molecule has 0 aliphatic rings. The monoisotopic (exact) mass is 288 g/mol. The zero-order valence-corrected chi connectivity index (χ0v) is 13.0. The quantitative estimate of drug-likeness (QED) is 0.796. The molecule has 1 aromatic rings. The number of furan rings is 1. The second-order valence-electron chi connectivity index (χ2n) is 4.94. The molecule has 0 amide bonds. The van der Waals surface area contributed by atoms with Crippen LogP contribution in [0.4, 0.5) is 0 Å². The van der Waals surface area contributed by atoms with Crippen molar-refractivity contribution in [2.24, 2.45) is 0 Å². The highest BCUT2D eigenvalue weighted by Gasteiger charge is 2.23. The highest BCUT2D eigenvalue weighted by atomic mass is 32.2. The Hall–Kier alpha value is -0.850. The molecule has 0 spiro atoms. The first-order valence-corrected chi connectivity index (χ1v) is 8.10. The van der Waals surface area contributed by atoms with Crippen molar-refractivity contribution in [2.45, 2.75) is 51.3 Å². The van der Waals surface area contributed by atoms with Gasteiger partial charge in [0.15, 0.2) is 0 Å². The normalized spacial score (nSPS) is 12.5. The molecule has 0 aromatic carbocycles. The third-order valence-electron chi connectivity index (χ3n) is 2.81. The van der Waals surface area contributed by atoms with E-state index in [2.05, 4.69) is 5.32 Å². The van der Waals surface area contributed by atoms with E-state index in [1.54, 1.807) is 13.1 Å². The molecule has 5 nitrogen and oxygen atoms in total. The first-order chi connectivity index (χ1) is 8.87. The van der Waals surface area contributed by atoms with Gasteiger partial charge in [0.05, 0.1) is 6.54 Å². The lowest BCUT2D eigenvalue weighted by Crippen LogP contribution is -2.27. The van der Waals surface area contributed by atoms with Crippen LogP contribution in [0.3, 0.4) is 0 Å². The highest BCUT2D eigenvalue weighted by Crippen LogP contribution is 2.18. The van der Waals surface area contributed by atoms with Crippen molar-refractivity contribution in [2.75, 3.05) is 13.6 Å². The lowest BCUT2D eigenvalue weighted by atomic mass is 10.3. The molecule has 0 fully saturated rings. The summed E-state index contributed by atoms with van der Waals surface area (Å²) < 4.78 is 31.2. The minimum absolute atomic E-state index is 0.0201. The Bertz CT molecular complexity index is 480. The van der Waals surface area contributed by atoms with Crippen LogP contribution in [-0.4, -0.2) is 32.4 Å². The lowest BCUT2D eigenvalue weighted by Gasteiger charge is -2.14. The van der Waals surface area contributed by atoms with Gasteiger partial charge in [-0.25, -0.2) is 8.42 Å². The van der Waals surface area contributed by atoms with Gasteiger partial charge >= 0.3 is 0 Å². The maximum absolute atomic E-state index is 12.2. The third kappa shape index (κ3) is 4.63. The molecular weight excluding hydrogens is 264 g/mol. The zero-order chi connectivity index (χ0) is 14.5. The van der Waals surface area contributed by atoms with Crippen molar-refractivity contribution in [3.8, 4) is 0 Å². The first kappa shape index (κ1) is 16.2. The fourth-order valence-corrected chi connectivity index (χ4v) is 2.68. The van der Waals surface area contributed by atoms with Crippen molar-refractivity contribution >= 4 is 10.0 Å². The van der Waals surface area contributed by atoms with E-state index in [4.69, 9.17) is 4.42 Å². The standard InChI is InChI=1S/C13H24N2O3S/c1-5-6-9-15(4)19(16,17)13-8-7-12(18-13)10-14-11(2)3/h7-8,11,14H,5-6,9-10H2,1-4H3.